The molecule has 1 heterocycles. The van der Waals surface area contributed by atoms with Crippen molar-refractivity contribution in [3.63, 3.8) is 0 Å². The Morgan fingerprint density at radius 1 is 1.40 bits per heavy atom. The summed E-state index contributed by atoms with van der Waals surface area (Å²) in [6.07, 6.45) is -5.53. The highest BCUT2D eigenvalue weighted by atomic mass is 31.2. The summed E-state index contributed by atoms with van der Waals surface area (Å²) in [7, 11) is -1.23. The van der Waals surface area contributed by atoms with Crippen molar-refractivity contribution in [1.29, 1.82) is 0 Å². The molecular weight excluding hydrogens is 425 g/mol. The zero-order valence-corrected chi connectivity index (χ0v) is 18.2. The minimum atomic E-state index is -3.46. The SMILES string of the molecule is C=CCO[C@]1(C(=O)OC)C[C@H](O)[C@@H](NC(C)=O)[C@H]([C@H](O)[C@H](O)COP(C)(=O)OC)O1. The highest BCUT2D eigenvalue weighted by Crippen LogP contribution is 2.43. The number of carbonyl (C=O) groups excluding carboxylic acids is 2. The molecule has 1 rings (SSSR count). The van der Waals surface area contributed by atoms with E-state index in [4.69, 9.17) is 18.7 Å². The van der Waals surface area contributed by atoms with Crippen molar-refractivity contribution in [2.24, 2.45) is 0 Å². The minimum Gasteiger partial charge on any atom is -0.465 e. The van der Waals surface area contributed by atoms with E-state index in [2.05, 4.69) is 16.4 Å². The fourth-order valence-corrected chi connectivity index (χ4v) is 3.40. The summed E-state index contributed by atoms with van der Waals surface area (Å²) in [6, 6.07) is -1.21. The van der Waals surface area contributed by atoms with Crippen LogP contribution in [0.4, 0.5) is 0 Å². The van der Waals surface area contributed by atoms with E-state index in [1.54, 1.807) is 0 Å². The van der Waals surface area contributed by atoms with Crippen LogP contribution in [0.1, 0.15) is 13.3 Å². The molecular formula is C17H30NO11P. The molecule has 174 valence electrons. The largest absolute Gasteiger partial charge is 0.465 e. The van der Waals surface area contributed by atoms with Gasteiger partial charge in [0.05, 0.1) is 32.5 Å². The van der Waals surface area contributed by atoms with Gasteiger partial charge in [0.2, 0.25) is 5.91 Å². The molecule has 1 unspecified atom stereocenters. The minimum absolute atomic E-state index is 0.159. The van der Waals surface area contributed by atoms with Gasteiger partial charge < -0.3 is 43.9 Å². The Morgan fingerprint density at radius 2 is 2.03 bits per heavy atom. The van der Waals surface area contributed by atoms with Crippen LogP contribution < -0.4 is 5.32 Å². The van der Waals surface area contributed by atoms with Gasteiger partial charge in [-0.25, -0.2) is 4.79 Å². The first-order valence-corrected chi connectivity index (χ1v) is 11.0. The van der Waals surface area contributed by atoms with Crippen molar-refractivity contribution < 1.29 is 52.7 Å². The molecule has 13 heteroatoms. The molecule has 1 saturated heterocycles. The van der Waals surface area contributed by atoms with Gasteiger partial charge in [-0.15, -0.1) is 6.58 Å². The van der Waals surface area contributed by atoms with E-state index in [1.165, 1.54) is 19.7 Å². The molecule has 1 fully saturated rings. The van der Waals surface area contributed by atoms with Crippen LogP contribution in [0.15, 0.2) is 12.7 Å². The maximum Gasteiger partial charge on any atom is 0.366 e. The molecule has 0 bridgehead atoms. The van der Waals surface area contributed by atoms with Gasteiger partial charge in [-0.3, -0.25) is 9.36 Å². The molecule has 4 N–H and O–H groups in total. The number of amides is 1. The van der Waals surface area contributed by atoms with E-state index >= 15 is 0 Å². The van der Waals surface area contributed by atoms with Crippen molar-refractivity contribution in [1.82, 2.24) is 5.32 Å². The second-order valence-corrected chi connectivity index (χ2v) is 8.90. The summed E-state index contributed by atoms with van der Waals surface area (Å²) >= 11 is 0. The second-order valence-electron chi connectivity index (χ2n) is 6.73. The van der Waals surface area contributed by atoms with Gasteiger partial charge >= 0.3 is 13.6 Å². The van der Waals surface area contributed by atoms with Gasteiger partial charge in [0.15, 0.2) is 0 Å². The van der Waals surface area contributed by atoms with Gasteiger partial charge in [0.25, 0.3) is 5.79 Å². The molecule has 7 atom stereocenters. The first-order chi connectivity index (χ1) is 13.9. The lowest BCUT2D eigenvalue weighted by Gasteiger charge is -2.46. The van der Waals surface area contributed by atoms with Gasteiger partial charge in [-0.2, -0.15) is 0 Å². The Balaban J connectivity index is 3.19. The summed E-state index contributed by atoms with van der Waals surface area (Å²) in [5.41, 5.74) is 0. The van der Waals surface area contributed by atoms with Crippen molar-refractivity contribution >= 4 is 19.5 Å². The molecule has 0 aromatic heterocycles. The Bertz CT molecular complexity index is 660. The van der Waals surface area contributed by atoms with E-state index in [0.29, 0.717) is 0 Å². The molecule has 1 aliphatic rings. The van der Waals surface area contributed by atoms with Crippen LogP contribution in [0.3, 0.4) is 0 Å². The molecule has 0 aromatic carbocycles. The Morgan fingerprint density at radius 3 is 2.53 bits per heavy atom. The number of hydrogen-bond acceptors (Lipinski definition) is 11. The Labute approximate surface area is 174 Å². The Hall–Kier alpha value is -1.37. The lowest BCUT2D eigenvalue weighted by molar-refractivity contribution is -0.309. The van der Waals surface area contributed by atoms with Crippen LogP contribution in [-0.2, 0) is 37.4 Å². The smallest absolute Gasteiger partial charge is 0.366 e. The van der Waals surface area contributed by atoms with E-state index in [-0.39, 0.29) is 6.61 Å². The number of methoxy groups -OCH3 is 1. The Kier molecular flexibility index (Phi) is 10.0. The molecule has 12 nitrogen and oxygen atoms in total. The highest BCUT2D eigenvalue weighted by molar-refractivity contribution is 7.52. The van der Waals surface area contributed by atoms with Crippen LogP contribution in [0.5, 0.6) is 0 Å². The maximum atomic E-state index is 12.4. The monoisotopic (exact) mass is 455 g/mol. The van der Waals surface area contributed by atoms with Crippen molar-refractivity contribution in [3.8, 4) is 0 Å². The predicted octanol–water partition coefficient (Wildman–Crippen LogP) is -1.08. The maximum absolute atomic E-state index is 12.4. The van der Waals surface area contributed by atoms with E-state index in [1.807, 2.05) is 0 Å². The fourth-order valence-electron chi connectivity index (χ4n) is 2.87. The van der Waals surface area contributed by atoms with Gasteiger partial charge in [0.1, 0.15) is 18.3 Å². The fraction of sp³-hybridized carbons (Fsp3) is 0.765. The molecule has 1 aliphatic heterocycles. The molecule has 0 aromatic rings. The molecule has 0 aliphatic carbocycles. The number of nitrogens with one attached hydrogen (secondary N) is 1. The summed E-state index contributed by atoms with van der Waals surface area (Å²) in [4.78, 5) is 24.0. The van der Waals surface area contributed by atoms with Crippen LogP contribution in [0, 0.1) is 0 Å². The number of esters is 1. The zero-order chi connectivity index (χ0) is 23.1. The summed E-state index contributed by atoms with van der Waals surface area (Å²) < 4.78 is 37.2. The normalized spacial score (nSPS) is 30.6. The lowest BCUT2D eigenvalue weighted by Crippen LogP contribution is -2.68. The second kappa shape index (κ2) is 11.3. The number of ether oxygens (including phenoxy) is 3. The highest BCUT2D eigenvalue weighted by Gasteiger charge is 2.56. The topological polar surface area (TPSA) is 170 Å². The zero-order valence-electron chi connectivity index (χ0n) is 17.3. The van der Waals surface area contributed by atoms with Crippen molar-refractivity contribution in [3.05, 3.63) is 12.7 Å². The number of carbonyl (C=O) groups is 2. The summed E-state index contributed by atoms with van der Waals surface area (Å²) in [6.45, 7) is 5.04. The van der Waals surface area contributed by atoms with Gasteiger partial charge in [-0.05, 0) is 0 Å². The quantitative estimate of drug-likeness (QED) is 0.170. The van der Waals surface area contributed by atoms with Crippen LogP contribution in [0.2, 0.25) is 0 Å². The van der Waals surface area contributed by atoms with Gasteiger partial charge in [0, 0.05) is 27.1 Å². The third kappa shape index (κ3) is 6.82. The number of aliphatic hydroxyl groups excluding tert-OH is 3. The van der Waals surface area contributed by atoms with E-state index in [0.717, 1.165) is 14.2 Å². The van der Waals surface area contributed by atoms with Crippen LogP contribution in [0.25, 0.3) is 0 Å². The summed E-state index contributed by atoms with van der Waals surface area (Å²) in [5, 5.41) is 34.0. The van der Waals surface area contributed by atoms with Crippen molar-refractivity contribution in [2.45, 2.75) is 49.6 Å². The van der Waals surface area contributed by atoms with Gasteiger partial charge in [-0.1, -0.05) is 6.08 Å². The standard InChI is InChI=1S/C17H30NO11P/c1-6-7-27-17(16(23)25-3)8-11(20)13(18-10(2)19)15(29-17)14(22)12(21)9-28-30(5,24)26-4/h6,11-15,20-22H,1,7-9H2,2-5H3,(H,18,19)/t11-,12+,13+,14+,15+,17+,30?/m0/s1. The average molecular weight is 455 g/mol. The first kappa shape index (κ1) is 26.7. The summed E-state index contributed by atoms with van der Waals surface area (Å²) in [5.74, 6) is -3.68. The number of hydrogen-bond donors (Lipinski definition) is 4. The first-order valence-electron chi connectivity index (χ1n) is 9.03. The molecule has 30 heavy (non-hydrogen) atoms. The third-order valence-corrected chi connectivity index (χ3v) is 5.70. The third-order valence-electron chi connectivity index (χ3n) is 4.42. The van der Waals surface area contributed by atoms with Crippen molar-refractivity contribution in [2.75, 3.05) is 34.1 Å². The van der Waals surface area contributed by atoms with Crippen LogP contribution >= 0.6 is 7.60 Å². The van der Waals surface area contributed by atoms with E-state index in [9.17, 15) is 29.5 Å². The predicted molar refractivity (Wildman–Crippen MR) is 103 cm³/mol. The molecule has 1 amide bonds. The lowest BCUT2D eigenvalue weighted by atomic mass is 9.88. The average Bonchev–Trinajstić information content (AvgIpc) is 2.70. The molecule has 0 saturated carbocycles. The molecule has 0 spiro atoms. The number of rotatable bonds is 11. The number of aliphatic hydroxyl groups is 3. The molecule has 0 radical (unpaired) electrons. The van der Waals surface area contributed by atoms with Crippen LogP contribution in [-0.4, -0.2) is 97.5 Å². The van der Waals surface area contributed by atoms with E-state index < -0.39 is 68.7 Å².